The highest BCUT2D eigenvalue weighted by Gasteiger charge is 2.34. The zero-order chi connectivity index (χ0) is 7.61. The van der Waals surface area contributed by atoms with Crippen LogP contribution in [0, 0.1) is 5.41 Å². The Labute approximate surface area is 64.3 Å². The SMILES string of the molecule is CCCCCC1(C)C=C1C. The monoisotopic (exact) mass is 138 g/mol. The molecule has 1 aliphatic carbocycles. The first-order valence-electron chi connectivity index (χ1n) is 4.39. The Balaban J connectivity index is 2.05. The zero-order valence-corrected chi connectivity index (χ0v) is 7.41. The fraction of sp³-hybridized carbons (Fsp3) is 0.800. The van der Waals surface area contributed by atoms with Gasteiger partial charge in [0.05, 0.1) is 0 Å². The molecule has 1 aliphatic rings. The minimum Gasteiger partial charge on any atom is -0.0748 e. The summed E-state index contributed by atoms with van der Waals surface area (Å²) in [5, 5.41) is 0. The van der Waals surface area contributed by atoms with E-state index in [4.69, 9.17) is 0 Å². The molecule has 0 nitrogen and oxygen atoms in total. The van der Waals surface area contributed by atoms with Gasteiger partial charge >= 0.3 is 0 Å². The van der Waals surface area contributed by atoms with E-state index in [1.807, 2.05) is 0 Å². The van der Waals surface area contributed by atoms with Gasteiger partial charge in [-0.2, -0.15) is 0 Å². The number of hydrogen-bond acceptors (Lipinski definition) is 0. The largest absolute Gasteiger partial charge is 0.0748 e. The van der Waals surface area contributed by atoms with Crippen molar-refractivity contribution in [3.63, 3.8) is 0 Å². The summed E-state index contributed by atoms with van der Waals surface area (Å²) in [4.78, 5) is 0. The lowest BCUT2D eigenvalue weighted by Gasteiger charge is -2.09. The van der Waals surface area contributed by atoms with Crippen LogP contribution in [0.15, 0.2) is 11.6 Å². The molecule has 0 radical (unpaired) electrons. The highest BCUT2D eigenvalue weighted by atomic mass is 14.4. The molecule has 0 aliphatic heterocycles. The van der Waals surface area contributed by atoms with Gasteiger partial charge in [0.15, 0.2) is 0 Å². The Bertz CT molecular complexity index is 144. The first-order valence-corrected chi connectivity index (χ1v) is 4.39. The number of unbranched alkanes of at least 4 members (excludes halogenated alkanes) is 2. The van der Waals surface area contributed by atoms with Crippen molar-refractivity contribution in [3.05, 3.63) is 11.6 Å². The first-order chi connectivity index (χ1) is 4.69. The molecule has 0 fully saturated rings. The van der Waals surface area contributed by atoms with Crippen molar-refractivity contribution in [2.24, 2.45) is 5.41 Å². The summed E-state index contributed by atoms with van der Waals surface area (Å²) in [7, 11) is 0. The van der Waals surface area contributed by atoms with Crippen LogP contribution in [-0.4, -0.2) is 0 Å². The molecule has 0 heteroatoms. The van der Waals surface area contributed by atoms with Crippen LogP contribution in [0.3, 0.4) is 0 Å². The maximum absolute atomic E-state index is 2.39. The molecule has 0 aromatic carbocycles. The molecule has 0 aromatic heterocycles. The van der Waals surface area contributed by atoms with Crippen molar-refractivity contribution < 1.29 is 0 Å². The maximum atomic E-state index is 2.39. The van der Waals surface area contributed by atoms with Gasteiger partial charge in [-0.15, -0.1) is 0 Å². The van der Waals surface area contributed by atoms with Gasteiger partial charge in [-0.1, -0.05) is 44.8 Å². The third-order valence-electron chi connectivity index (χ3n) is 2.65. The van der Waals surface area contributed by atoms with Crippen molar-refractivity contribution in [1.82, 2.24) is 0 Å². The first kappa shape index (κ1) is 7.84. The zero-order valence-electron chi connectivity index (χ0n) is 7.41. The average Bonchev–Trinajstić information content (AvgIpc) is 2.42. The second kappa shape index (κ2) is 2.77. The van der Waals surface area contributed by atoms with Gasteiger partial charge in [0, 0.05) is 5.41 Å². The molecule has 58 valence electrons. The normalized spacial score (nSPS) is 30.1. The standard InChI is InChI=1S/C10H18/c1-4-5-6-7-10(3)8-9(10)2/h8H,4-7H2,1-3H3. The van der Waals surface area contributed by atoms with Crippen molar-refractivity contribution in [2.75, 3.05) is 0 Å². The van der Waals surface area contributed by atoms with Crippen LogP contribution in [0.5, 0.6) is 0 Å². The molecule has 0 bridgehead atoms. The van der Waals surface area contributed by atoms with E-state index in [0.717, 1.165) is 0 Å². The molecular weight excluding hydrogens is 120 g/mol. The fourth-order valence-corrected chi connectivity index (χ4v) is 1.45. The van der Waals surface area contributed by atoms with E-state index in [0.29, 0.717) is 5.41 Å². The summed E-state index contributed by atoms with van der Waals surface area (Å²) in [5.41, 5.74) is 2.15. The summed E-state index contributed by atoms with van der Waals surface area (Å²) < 4.78 is 0. The molecule has 0 amide bonds. The van der Waals surface area contributed by atoms with Crippen LogP contribution in [-0.2, 0) is 0 Å². The van der Waals surface area contributed by atoms with Gasteiger partial charge in [0.2, 0.25) is 0 Å². The van der Waals surface area contributed by atoms with E-state index in [2.05, 4.69) is 26.8 Å². The van der Waals surface area contributed by atoms with Gasteiger partial charge in [0.25, 0.3) is 0 Å². The molecule has 0 spiro atoms. The van der Waals surface area contributed by atoms with Crippen molar-refractivity contribution in [2.45, 2.75) is 46.5 Å². The Kier molecular flexibility index (Phi) is 2.18. The summed E-state index contributed by atoms with van der Waals surface area (Å²) in [6, 6.07) is 0. The summed E-state index contributed by atoms with van der Waals surface area (Å²) in [5.74, 6) is 0. The van der Waals surface area contributed by atoms with Gasteiger partial charge in [-0.25, -0.2) is 0 Å². The van der Waals surface area contributed by atoms with E-state index >= 15 is 0 Å². The number of hydrogen-bond donors (Lipinski definition) is 0. The molecule has 0 aromatic rings. The van der Waals surface area contributed by atoms with Crippen molar-refractivity contribution >= 4 is 0 Å². The van der Waals surface area contributed by atoms with Crippen LogP contribution >= 0.6 is 0 Å². The molecule has 0 heterocycles. The minimum atomic E-state index is 0.551. The van der Waals surface area contributed by atoms with Crippen LogP contribution in [0.25, 0.3) is 0 Å². The third-order valence-corrected chi connectivity index (χ3v) is 2.65. The Morgan fingerprint density at radius 3 is 2.40 bits per heavy atom. The molecule has 0 N–H and O–H groups in total. The summed E-state index contributed by atoms with van der Waals surface area (Å²) in [6.45, 7) is 6.85. The quantitative estimate of drug-likeness (QED) is 0.412. The van der Waals surface area contributed by atoms with Crippen LogP contribution < -0.4 is 0 Å². The molecule has 1 rings (SSSR count). The minimum absolute atomic E-state index is 0.551. The van der Waals surface area contributed by atoms with Gasteiger partial charge < -0.3 is 0 Å². The van der Waals surface area contributed by atoms with Gasteiger partial charge in [-0.3, -0.25) is 0 Å². The highest BCUT2D eigenvalue weighted by Crippen LogP contribution is 2.47. The van der Waals surface area contributed by atoms with E-state index in [-0.39, 0.29) is 0 Å². The Hall–Kier alpha value is -0.260. The smallest absolute Gasteiger partial charge is 0.00629 e. The molecule has 0 saturated carbocycles. The predicted molar refractivity (Wildman–Crippen MR) is 46.0 cm³/mol. The van der Waals surface area contributed by atoms with Crippen LogP contribution in [0.4, 0.5) is 0 Å². The van der Waals surface area contributed by atoms with E-state index in [1.54, 1.807) is 5.57 Å². The average molecular weight is 138 g/mol. The fourth-order valence-electron chi connectivity index (χ4n) is 1.45. The van der Waals surface area contributed by atoms with E-state index < -0.39 is 0 Å². The molecular formula is C10H18. The molecule has 0 saturated heterocycles. The van der Waals surface area contributed by atoms with Crippen LogP contribution in [0.1, 0.15) is 46.5 Å². The van der Waals surface area contributed by atoms with Gasteiger partial charge in [-0.05, 0) is 13.3 Å². The lowest BCUT2D eigenvalue weighted by Crippen LogP contribution is -1.96. The molecule has 1 unspecified atom stereocenters. The number of allylic oxidation sites excluding steroid dienone is 2. The van der Waals surface area contributed by atoms with Crippen molar-refractivity contribution in [3.8, 4) is 0 Å². The Morgan fingerprint density at radius 1 is 1.40 bits per heavy atom. The lowest BCUT2D eigenvalue weighted by molar-refractivity contribution is 0.509. The Morgan fingerprint density at radius 2 is 2.00 bits per heavy atom. The van der Waals surface area contributed by atoms with E-state index in [9.17, 15) is 0 Å². The topological polar surface area (TPSA) is 0 Å². The molecule has 1 atom stereocenters. The summed E-state index contributed by atoms with van der Waals surface area (Å²) >= 11 is 0. The third kappa shape index (κ3) is 1.62. The van der Waals surface area contributed by atoms with Crippen molar-refractivity contribution in [1.29, 1.82) is 0 Å². The summed E-state index contributed by atoms with van der Waals surface area (Å²) in [6.07, 6.45) is 7.92. The molecule has 10 heavy (non-hydrogen) atoms. The second-order valence-electron chi connectivity index (χ2n) is 3.70. The second-order valence-corrected chi connectivity index (χ2v) is 3.70. The van der Waals surface area contributed by atoms with Gasteiger partial charge in [0.1, 0.15) is 0 Å². The van der Waals surface area contributed by atoms with Crippen LogP contribution in [0.2, 0.25) is 0 Å². The number of rotatable bonds is 4. The maximum Gasteiger partial charge on any atom is 0.00629 e. The highest BCUT2D eigenvalue weighted by molar-refractivity contribution is 5.34. The lowest BCUT2D eigenvalue weighted by atomic mass is 9.96. The van der Waals surface area contributed by atoms with E-state index in [1.165, 1.54) is 25.7 Å². The predicted octanol–water partition coefficient (Wildman–Crippen LogP) is 3.53.